The maximum Gasteiger partial charge on any atom is 0.256 e. The second-order valence-electron chi connectivity index (χ2n) is 8.43. The van der Waals surface area contributed by atoms with Crippen molar-refractivity contribution in [2.24, 2.45) is 5.41 Å². The van der Waals surface area contributed by atoms with Crippen LogP contribution in [0, 0.1) is 12.3 Å². The molecule has 8 nitrogen and oxygen atoms in total. The van der Waals surface area contributed by atoms with Gasteiger partial charge in [-0.2, -0.15) is 0 Å². The molecule has 1 fully saturated rings. The lowest BCUT2D eigenvalue weighted by molar-refractivity contribution is 0.127. The Bertz CT molecular complexity index is 1290. The van der Waals surface area contributed by atoms with Gasteiger partial charge in [-0.3, -0.25) is 0 Å². The average molecular weight is 441 g/mol. The van der Waals surface area contributed by atoms with Crippen LogP contribution in [0.15, 0.2) is 36.8 Å². The lowest BCUT2D eigenvalue weighted by Crippen LogP contribution is -2.25. The third-order valence-corrected chi connectivity index (χ3v) is 6.17. The van der Waals surface area contributed by atoms with E-state index in [-0.39, 0.29) is 5.95 Å². The smallest absolute Gasteiger partial charge is 0.256 e. The first-order chi connectivity index (χ1) is 15.2. The summed E-state index contributed by atoms with van der Waals surface area (Å²) in [5.74, 6) is 0.595. The van der Waals surface area contributed by atoms with Crippen LogP contribution >= 0.6 is 0 Å². The molecule has 0 aromatic carbocycles. The quantitative estimate of drug-likeness (QED) is 0.471. The van der Waals surface area contributed by atoms with Crippen LogP contribution in [0.25, 0.3) is 28.1 Å². The van der Waals surface area contributed by atoms with Gasteiger partial charge >= 0.3 is 0 Å². The minimum Gasteiger partial charge on any atom is -0.367 e. The molecule has 168 valence electrons. The third kappa shape index (κ3) is 4.04. The van der Waals surface area contributed by atoms with E-state index in [2.05, 4.69) is 45.5 Å². The monoisotopic (exact) mass is 440 g/mol. The topological polar surface area (TPSA) is 99.8 Å². The van der Waals surface area contributed by atoms with Gasteiger partial charge in [-0.1, -0.05) is 25.5 Å². The van der Waals surface area contributed by atoms with Gasteiger partial charge in [-0.25, -0.2) is 33.2 Å². The number of aromatic nitrogens is 7. The highest BCUT2D eigenvalue weighted by Gasteiger charge is 2.31. The van der Waals surface area contributed by atoms with Crippen molar-refractivity contribution in [3.05, 3.63) is 42.6 Å². The van der Waals surface area contributed by atoms with Crippen molar-refractivity contribution in [2.75, 3.05) is 5.73 Å². The van der Waals surface area contributed by atoms with Crippen molar-refractivity contribution in [3.8, 4) is 11.3 Å². The molecule has 10 heteroatoms. The van der Waals surface area contributed by atoms with Crippen molar-refractivity contribution in [1.82, 2.24) is 34.1 Å². The summed E-state index contributed by atoms with van der Waals surface area (Å²) in [7, 11) is 0. The number of hydrogen-bond donors (Lipinski definition) is 1. The minimum absolute atomic E-state index is 0.150. The molecule has 0 aliphatic heterocycles. The number of fused-ring (bicyclic) bond motifs is 2. The van der Waals surface area contributed by atoms with Gasteiger partial charge in [-0.05, 0) is 38.2 Å². The number of aryl methyl sites for hydroxylation is 1. The van der Waals surface area contributed by atoms with Crippen LogP contribution in [0.2, 0.25) is 0 Å². The fourth-order valence-corrected chi connectivity index (χ4v) is 3.75. The van der Waals surface area contributed by atoms with Crippen LogP contribution in [0.1, 0.15) is 38.9 Å². The van der Waals surface area contributed by atoms with Crippen LogP contribution in [0.3, 0.4) is 0 Å². The predicted octanol–water partition coefficient (Wildman–Crippen LogP) is 4.44. The van der Waals surface area contributed by atoms with Crippen LogP contribution in [0.4, 0.5) is 14.7 Å². The molecular weight excluding hydrogens is 414 g/mol. The van der Waals surface area contributed by atoms with Gasteiger partial charge in [0.2, 0.25) is 5.95 Å². The first-order valence-electron chi connectivity index (χ1n) is 10.4. The molecule has 0 spiro atoms. The SMILES string of the molecule is C=C(C)C1(C)CCC1.Cc1nc2ncc(-c3ccn4nc(N)ncc34)nc2n1CC(F)F. The molecule has 0 unspecified atom stereocenters. The number of anilines is 1. The Kier molecular flexibility index (Phi) is 5.62. The summed E-state index contributed by atoms with van der Waals surface area (Å²) in [6, 6.07) is 1.79. The maximum absolute atomic E-state index is 12.8. The van der Waals surface area contributed by atoms with Crippen LogP contribution in [0.5, 0.6) is 0 Å². The zero-order chi connectivity index (χ0) is 23.0. The van der Waals surface area contributed by atoms with Gasteiger partial charge in [0.1, 0.15) is 5.82 Å². The molecule has 1 aliphatic carbocycles. The highest BCUT2D eigenvalue weighted by Crippen LogP contribution is 2.45. The second-order valence-corrected chi connectivity index (χ2v) is 8.43. The van der Waals surface area contributed by atoms with Gasteiger partial charge in [0.15, 0.2) is 11.3 Å². The number of nitrogens with two attached hydrogens (primary N) is 1. The molecule has 0 amide bonds. The molecule has 32 heavy (non-hydrogen) atoms. The maximum atomic E-state index is 12.8. The molecule has 0 atom stereocenters. The first-order valence-corrected chi connectivity index (χ1v) is 10.4. The Morgan fingerprint density at radius 1 is 1.25 bits per heavy atom. The van der Waals surface area contributed by atoms with E-state index < -0.39 is 13.0 Å². The second kappa shape index (κ2) is 8.25. The lowest BCUT2D eigenvalue weighted by Gasteiger charge is -2.39. The van der Waals surface area contributed by atoms with Crippen LogP contribution < -0.4 is 5.73 Å². The zero-order valence-corrected chi connectivity index (χ0v) is 18.4. The molecule has 1 aliphatic rings. The van der Waals surface area contributed by atoms with Crippen LogP contribution in [-0.4, -0.2) is 40.5 Å². The summed E-state index contributed by atoms with van der Waals surface area (Å²) in [6.45, 7) is 9.56. The Hall–Kier alpha value is -3.43. The summed E-state index contributed by atoms with van der Waals surface area (Å²) in [5, 5.41) is 4.06. The zero-order valence-electron chi connectivity index (χ0n) is 18.4. The standard InChI is InChI=1S/C14H12F2N8.C8H14/c1-7-20-12-13(23(7)6-11(15)16)21-9(4-18-12)8-2-3-24-10(8)5-19-14(17)22-24;1-7(2)8(3)5-4-6-8/h2-5,11H,6H2,1H3,(H2,17,22);1,4-6H2,2-3H3. The summed E-state index contributed by atoms with van der Waals surface area (Å²) in [6.07, 6.45) is 6.47. The van der Waals surface area contributed by atoms with Gasteiger partial charge in [-0.15, -0.1) is 5.10 Å². The highest BCUT2D eigenvalue weighted by molar-refractivity contribution is 5.80. The van der Waals surface area contributed by atoms with E-state index in [4.69, 9.17) is 5.73 Å². The first kappa shape index (κ1) is 21.8. The van der Waals surface area contributed by atoms with Crippen molar-refractivity contribution >= 4 is 22.8 Å². The van der Waals surface area contributed by atoms with Crippen molar-refractivity contribution in [3.63, 3.8) is 0 Å². The van der Waals surface area contributed by atoms with Crippen molar-refractivity contribution in [1.29, 1.82) is 0 Å². The number of imidazole rings is 1. The van der Waals surface area contributed by atoms with E-state index >= 15 is 0 Å². The largest absolute Gasteiger partial charge is 0.367 e. The number of halogens is 2. The molecule has 0 saturated heterocycles. The normalized spacial score (nSPS) is 14.9. The summed E-state index contributed by atoms with van der Waals surface area (Å²) < 4.78 is 28.5. The number of nitrogens with zero attached hydrogens (tertiary/aromatic N) is 7. The minimum atomic E-state index is -2.50. The number of nitrogen functional groups attached to an aromatic ring is 1. The number of rotatable bonds is 4. The highest BCUT2D eigenvalue weighted by atomic mass is 19.3. The summed E-state index contributed by atoms with van der Waals surface area (Å²) in [4.78, 5) is 16.8. The number of hydrogen-bond acceptors (Lipinski definition) is 6. The average Bonchev–Trinajstić information content (AvgIpc) is 3.26. The molecular formula is C22H26F2N8. The third-order valence-electron chi connectivity index (χ3n) is 6.17. The van der Waals surface area contributed by atoms with Gasteiger partial charge in [0, 0.05) is 11.8 Å². The molecule has 4 aromatic rings. The Labute approximate surface area is 184 Å². The number of alkyl halides is 2. The molecule has 5 rings (SSSR count). The van der Waals surface area contributed by atoms with E-state index in [1.807, 2.05) is 0 Å². The van der Waals surface area contributed by atoms with Gasteiger partial charge in [0.05, 0.1) is 30.1 Å². The van der Waals surface area contributed by atoms with Gasteiger partial charge < -0.3 is 10.3 Å². The van der Waals surface area contributed by atoms with Crippen molar-refractivity contribution < 1.29 is 8.78 Å². The molecule has 1 saturated carbocycles. The van der Waals surface area contributed by atoms with Gasteiger partial charge in [0.25, 0.3) is 6.43 Å². The number of allylic oxidation sites excluding steroid dienone is 1. The Morgan fingerprint density at radius 2 is 2.00 bits per heavy atom. The predicted molar refractivity (Wildman–Crippen MR) is 119 cm³/mol. The van der Waals surface area contributed by atoms with E-state index in [1.54, 1.807) is 36.1 Å². The molecule has 4 aromatic heterocycles. The van der Waals surface area contributed by atoms with E-state index in [1.165, 1.54) is 29.4 Å². The van der Waals surface area contributed by atoms with E-state index in [0.29, 0.717) is 33.7 Å². The molecule has 4 heterocycles. The summed E-state index contributed by atoms with van der Waals surface area (Å²) in [5.41, 5.74) is 10.0. The molecule has 0 radical (unpaired) electrons. The fraction of sp³-hybridized carbons (Fsp3) is 0.409. The molecule has 2 N–H and O–H groups in total. The Balaban J connectivity index is 0.000000260. The lowest BCUT2D eigenvalue weighted by atomic mass is 9.66. The van der Waals surface area contributed by atoms with Crippen molar-refractivity contribution in [2.45, 2.75) is 53.0 Å². The van der Waals surface area contributed by atoms with Crippen LogP contribution in [-0.2, 0) is 6.54 Å². The van der Waals surface area contributed by atoms with E-state index in [0.717, 1.165) is 5.56 Å². The van der Waals surface area contributed by atoms with E-state index in [9.17, 15) is 8.78 Å². The fourth-order valence-electron chi connectivity index (χ4n) is 3.75. The summed E-state index contributed by atoms with van der Waals surface area (Å²) >= 11 is 0. The Morgan fingerprint density at radius 3 is 2.59 bits per heavy atom. The molecule has 0 bridgehead atoms.